The predicted molar refractivity (Wildman–Crippen MR) is 164 cm³/mol. The van der Waals surface area contributed by atoms with Gasteiger partial charge in [0.05, 0.1) is 5.52 Å². The van der Waals surface area contributed by atoms with E-state index in [0.717, 1.165) is 5.65 Å². The number of hydrogen-bond donors (Lipinski definition) is 0. The second kappa shape index (κ2) is 8.40. The Morgan fingerprint density at radius 1 is 0.579 bits per heavy atom. The minimum atomic E-state index is -2.62. The second-order valence-corrected chi connectivity index (χ2v) is 15.1. The number of rotatable bonds is 4. The number of nitrogens with zero attached hydrogens (tertiary/aromatic N) is 2. The van der Waals surface area contributed by atoms with Crippen molar-refractivity contribution in [2.24, 2.45) is 0 Å². The van der Waals surface area contributed by atoms with Crippen LogP contribution >= 0.6 is 0 Å². The molecule has 0 aliphatic carbocycles. The molecule has 0 spiro atoms. The zero-order valence-corrected chi connectivity index (χ0v) is 23.0. The molecule has 0 saturated heterocycles. The molecule has 3 aromatic heterocycles. The van der Waals surface area contributed by atoms with Gasteiger partial charge in [-0.25, -0.2) is 4.98 Å². The van der Waals surface area contributed by atoms with E-state index in [-0.39, 0.29) is 5.41 Å². The van der Waals surface area contributed by atoms with Gasteiger partial charge in [-0.15, -0.1) is 0 Å². The molecule has 0 N–H and O–H groups in total. The maximum Gasteiger partial charge on any atom is 0.181 e. The van der Waals surface area contributed by atoms with Gasteiger partial charge in [-0.05, 0) is 37.8 Å². The molecular weight excluding hydrogens is 476 g/mol. The number of aromatic nitrogens is 2. The normalized spacial score (nSPS) is 12.6. The molecule has 4 aromatic carbocycles. The third kappa shape index (κ3) is 3.22. The maximum atomic E-state index is 5.23. The first-order valence-corrected chi connectivity index (χ1v) is 15.3. The first kappa shape index (κ1) is 22.9. The van der Waals surface area contributed by atoms with Crippen LogP contribution < -0.4 is 20.7 Å². The Hall–Kier alpha value is -4.21. The summed E-state index contributed by atoms with van der Waals surface area (Å²) in [5.41, 5.74) is 3.75. The molecule has 0 unspecified atom stereocenters. The van der Waals surface area contributed by atoms with Crippen molar-refractivity contribution in [3.05, 3.63) is 133 Å². The van der Waals surface area contributed by atoms with Gasteiger partial charge in [0.15, 0.2) is 8.07 Å². The summed E-state index contributed by atoms with van der Waals surface area (Å²) in [7, 11) is -2.62. The van der Waals surface area contributed by atoms with E-state index in [2.05, 4.69) is 153 Å². The minimum absolute atomic E-state index is 0.0650. The van der Waals surface area contributed by atoms with E-state index in [9.17, 15) is 0 Å². The van der Waals surface area contributed by atoms with Crippen LogP contribution in [0.5, 0.6) is 0 Å². The van der Waals surface area contributed by atoms with Crippen molar-refractivity contribution in [3.63, 3.8) is 0 Å². The average molecular weight is 507 g/mol. The van der Waals surface area contributed by atoms with Gasteiger partial charge in [-0.1, -0.05) is 130 Å². The van der Waals surface area contributed by atoms with Crippen LogP contribution in [0.1, 0.15) is 26.3 Å². The Morgan fingerprint density at radius 3 is 1.63 bits per heavy atom. The maximum absolute atomic E-state index is 5.23. The van der Waals surface area contributed by atoms with E-state index in [1.165, 1.54) is 48.0 Å². The Morgan fingerprint density at radius 2 is 1.11 bits per heavy atom. The SMILES string of the molecule is CC(C)(C)c1cn2c3ncc([Si](c4ccccc4)(c4ccccc4)c4ccccc4)cc3c3cccc1c32. The molecule has 0 saturated carbocycles. The van der Waals surface area contributed by atoms with Crippen LogP contribution in [0.15, 0.2) is 128 Å². The van der Waals surface area contributed by atoms with Gasteiger partial charge in [0.2, 0.25) is 0 Å². The van der Waals surface area contributed by atoms with Gasteiger partial charge >= 0.3 is 0 Å². The fourth-order valence-electron chi connectivity index (χ4n) is 6.38. The average Bonchev–Trinajstić information content (AvgIpc) is 3.50. The lowest BCUT2D eigenvalue weighted by atomic mass is 9.86. The summed E-state index contributed by atoms with van der Waals surface area (Å²) in [6.45, 7) is 6.87. The van der Waals surface area contributed by atoms with Gasteiger partial charge in [-0.3, -0.25) is 4.40 Å². The third-order valence-corrected chi connectivity index (χ3v) is 12.8. The van der Waals surface area contributed by atoms with Crippen molar-refractivity contribution < 1.29 is 0 Å². The van der Waals surface area contributed by atoms with E-state index in [1.807, 2.05) is 0 Å². The van der Waals surface area contributed by atoms with Crippen molar-refractivity contribution in [3.8, 4) is 0 Å². The van der Waals surface area contributed by atoms with E-state index >= 15 is 0 Å². The summed E-state index contributed by atoms with van der Waals surface area (Å²) in [6, 6.07) is 42.4. The van der Waals surface area contributed by atoms with Crippen LogP contribution in [-0.4, -0.2) is 17.5 Å². The first-order chi connectivity index (χ1) is 18.5. The van der Waals surface area contributed by atoms with E-state index in [1.54, 1.807) is 0 Å². The highest BCUT2D eigenvalue weighted by molar-refractivity contribution is 7.19. The molecule has 38 heavy (non-hydrogen) atoms. The zero-order chi connectivity index (χ0) is 25.9. The molecule has 2 nitrogen and oxygen atoms in total. The molecule has 0 aliphatic rings. The topological polar surface area (TPSA) is 17.3 Å². The Labute approximate surface area is 224 Å². The molecule has 0 fully saturated rings. The first-order valence-electron chi connectivity index (χ1n) is 13.3. The van der Waals surface area contributed by atoms with Gasteiger partial charge < -0.3 is 0 Å². The third-order valence-electron chi connectivity index (χ3n) is 8.07. The molecule has 0 amide bonds. The fourth-order valence-corrected chi connectivity index (χ4v) is 11.1. The molecule has 184 valence electrons. The van der Waals surface area contributed by atoms with Gasteiger partial charge in [-0.2, -0.15) is 0 Å². The van der Waals surface area contributed by atoms with Crippen LogP contribution in [0.4, 0.5) is 0 Å². The van der Waals surface area contributed by atoms with Crippen LogP contribution in [0.2, 0.25) is 0 Å². The second-order valence-electron chi connectivity index (χ2n) is 11.3. The van der Waals surface area contributed by atoms with Crippen molar-refractivity contribution in [2.75, 3.05) is 0 Å². The zero-order valence-electron chi connectivity index (χ0n) is 22.0. The van der Waals surface area contributed by atoms with Crippen LogP contribution in [-0.2, 0) is 5.41 Å². The van der Waals surface area contributed by atoms with Crippen LogP contribution in [0.3, 0.4) is 0 Å². The van der Waals surface area contributed by atoms with Gasteiger partial charge in [0.1, 0.15) is 5.65 Å². The summed E-state index contributed by atoms with van der Waals surface area (Å²) in [5.74, 6) is 0. The standard InChI is InChI=1S/C35H30N2Si/c1-35(2,3)32-24-37-33-29(20-13-21-30(32)33)31-22-28(23-36-34(31)37)38(25-14-7-4-8-15-25,26-16-9-5-10-17-26)27-18-11-6-12-19-27/h4-24H,1-3H3. The lowest BCUT2D eigenvalue weighted by Crippen LogP contribution is -2.74. The molecular formula is C35H30N2Si. The number of para-hydroxylation sites is 1. The smallest absolute Gasteiger partial charge is 0.181 e. The Kier molecular flexibility index (Phi) is 5.07. The largest absolute Gasteiger partial charge is 0.300 e. The van der Waals surface area contributed by atoms with Crippen molar-refractivity contribution in [2.45, 2.75) is 26.2 Å². The highest BCUT2D eigenvalue weighted by Crippen LogP contribution is 2.38. The fraction of sp³-hybridized carbons (Fsp3) is 0.114. The molecule has 7 rings (SSSR count). The monoisotopic (exact) mass is 506 g/mol. The molecule has 3 heteroatoms. The summed E-state index contributed by atoms with van der Waals surface area (Å²) in [6.07, 6.45) is 4.47. The number of fused-ring (bicyclic) bond motifs is 3. The van der Waals surface area contributed by atoms with E-state index in [4.69, 9.17) is 4.98 Å². The van der Waals surface area contributed by atoms with E-state index in [0.29, 0.717) is 0 Å². The Bertz CT molecular complexity index is 1790. The molecule has 7 aromatic rings. The predicted octanol–water partition coefficient (Wildman–Crippen LogP) is 5.75. The summed E-state index contributed by atoms with van der Waals surface area (Å²) < 4.78 is 2.32. The molecule has 0 radical (unpaired) electrons. The van der Waals surface area contributed by atoms with Gasteiger partial charge in [0.25, 0.3) is 0 Å². The number of benzene rings is 4. The van der Waals surface area contributed by atoms with Crippen molar-refractivity contribution in [1.82, 2.24) is 9.38 Å². The summed E-state index contributed by atoms with van der Waals surface area (Å²) in [5, 5.41) is 9.23. The lowest BCUT2D eigenvalue weighted by Gasteiger charge is -2.34. The number of hydrogen-bond acceptors (Lipinski definition) is 1. The lowest BCUT2D eigenvalue weighted by molar-refractivity contribution is 0.595. The van der Waals surface area contributed by atoms with Crippen LogP contribution in [0, 0.1) is 0 Å². The highest BCUT2D eigenvalue weighted by Gasteiger charge is 2.42. The summed E-state index contributed by atoms with van der Waals surface area (Å²) in [4.78, 5) is 5.23. The quantitative estimate of drug-likeness (QED) is 0.219. The molecule has 3 heterocycles. The van der Waals surface area contributed by atoms with E-state index < -0.39 is 8.07 Å². The van der Waals surface area contributed by atoms with Gasteiger partial charge in [0, 0.05) is 28.6 Å². The number of pyridine rings is 1. The van der Waals surface area contributed by atoms with Crippen molar-refractivity contribution in [1.29, 1.82) is 0 Å². The highest BCUT2D eigenvalue weighted by atomic mass is 28.3. The molecule has 0 atom stereocenters. The Balaban J connectivity index is 1.60. The summed E-state index contributed by atoms with van der Waals surface area (Å²) >= 11 is 0. The minimum Gasteiger partial charge on any atom is -0.300 e. The van der Waals surface area contributed by atoms with Crippen molar-refractivity contribution >= 4 is 56.1 Å². The molecule has 0 aliphatic heterocycles. The van der Waals surface area contributed by atoms with Crippen LogP contribution in [0.25, 0.3) is 27.3 Å². The molecule has 0 bridgehead atoms.